The van der Waals surface area contributed by atoms with Crippen LogP contribution in [0.4, 0.5) is 0 Å². The highest BCUT2D eigenvalue weighted by Gasteiger charge is 2.53. The van der Waals surface area contributed by atoms with Crippen LogP contribution in [0.15, 0.2) is 59.6 Å². The summed E-state index contributed by atoms with van der Waals surface area (Å²) in [6.45, 7) is 0.954. The molecule has 1 amide bonds. The lowest BCUT2D eigenvalue weighted by Gasteiger charge is -2.37. The summed E-state index contributed by atoms with van der Waals surface area (Å²) < 4.78 is 0. The van der Waals surface area contributed by atoms with Crippen LogP contribution >= 0.6 is 11.6 Å². The van der Waals surface area contributed by atoms with Crippen molar-refractivity contribution in [2.45, 2.75) is 24.4 Å². The smallest absolute Gasteiger partial charge is 0.255 e. The third-order valence-corrected chi connectivity index (χ3v) is 5.70. The molecule has 0 unspecified atom stereocenters. The highest BCUT2D eigenvalue weighted by Crippen LogP contribution is 2.47. The monoisotopic (exact) mass is 397 g/mol. The van der Waals surface area contributed by atoms with Crippen molar-refractivity contribution in [3.63, 3.8) is 0 Å². The van der Waals surface area contributed by atoms with E-state index in [0.717, 1.165) is 17.7 Å². The highest BCUT2D eigenvalue weighted by molar-refractivity contribution is 6.30. The molecule has 5 nitrogen and oxygen atoms in total. The Balaban J connectivity index is 1.82. The van der Waals surface area contributed by atoms with Gasteiger partial charge in [-0.1, -0.05) is 54.1 Å². The minimum Gasteiger partial charge on any atom is -0.395 e. The molecule has 1 aliphatic heterocycles. The van der Waals surface area contributed by atoms with Crippen molar-refractivity contribution in [2.24, 2.45) is 10.9 Å². The van der Waals surface area contributed by atoms with E-state index in [1.807, 2.05) is 60.9 Å². The molecule has 28 heavy (non-hydrogen) atoms. The van der Waals surface area contributed by atoms with Gasteiger partial charge in [0.25, 0.3) is 5.91 Å². The second kappa shape index (κ2) is 7.94. The molecule has 0 bridgehead atoms. The molecule has 4 rings (SSSR count). The first-order valence-electron chi connectivity index (χ1n) is 9.66. The zero-order valence-electron chi connectivity index (χ0n) is 15.6. The maximum atomic E-state index is 13.4. The molecule has 0 spiro atoms. The van der Waals surface area contributed by atoms with Crippen molar-refractivity contribution >= 4 is 23.8 Å². The number of carbonyl (C=O) groups excluding carboxylic acids is 1. The number of hydrogen-bond donors (Lipinski definition) is 2. The highest BCUT2D eigenvalue weighted by atomic mass is 35.5. The normalized spacial score (nSPS) is 23.8. The van der Waals surface area contributed by atoms with Gasteiger partial charge < -0.3 is 15.3 Å². The minimum absolute atomic E-state index is 0.113. The lowest BCUT2D eigenvalue weighted by Crippen LogP contribution is -2.49. The maximum Gasteiger partial charge on any atom is 0.255 e. The van der Waals surface area contributed by atoms with E-state index in [4.69, 9.17) is 16.6 Å². The Kier molecular flexibility index (Phi) is 5.38. The molecule has 6 heteroatoms. The molecule has 0 radical (unpaired) electrons. The summed E-state index contributed by atoms with van der Waals surface area (Å²) >= 11 is 6.12. The van der Waals surface area contributed by atoms with Crippen molar-refractivity contribution < 1.29 is 9.90 Å². The van der Waals surface area contributed by atoms with Crippen LogP contribution in [-0.2, 0) is 10.3 Å². The van der Waals surface area contributed by atoms with Crippen LogP contribution in [-0.4, -0.2) is 41.9 Å². The quantitative estimate of drug-likeness (QED) is 0.754. The number of halogens is 1. The predicted molar refractivity (Wildman–Crippen MR) is 110 cm³/mol. The second-order valence-electron chi connectivity index (χ2n) is 7.45. The SMILES string of the molecule is O=C(NCCO)[C@]1(c2ccccc2)N=CN(CC2CC2)[C@H]1c1ccc(Cl)cc1. The third-order valence-electron chi connectivity index (χ3n) is 5.45. The number of rotatable bonds is 7. The van der Waals surface area contributed by atoms with E-state index >= 15 is 0 Å². The first-order chi connectivity index (χ1) is 13.6. The molecule has 1 heterocycles. The number of aliphatic imine (C=N–C) groups is 1. The Morgan fingerprint density at radius 2 is 1.89 bits per heavy atom. The number of hydrogen-bond acceptors (Lipinski definition) is 4. The fourth-order valence-corrected chi connectivity index (χ4v) is 4.04. The Morgan fingerprint density at radius 1 is 1.18 bits per heavy atom. The van der Waals surface area contributed by atoms with Gasteiger partial charge in [-0.25, -0.2) is 0 Å². The van der Waals surface area contributed by atoms with Crippen molar-refractivity contribution in [3.8, 4) is 0 Å². The zero-order chi connectivity index (χ0) is 19.6. The zero-order valence-corrected chi connectivity index (χ0v) is 16.3. The Bertz CT molecular complexity index is 852. The number of carbonyl (C=O) groups is 1. The molecule has 1 saturated carbocycles. The molecule has 2 N–H and O–H groups in total. The van der Waals surface area contributed by atoms with Crippen LogP contribution in [0.2, 0.25) is 5.02 Å². The average molecular weight is 398 g/mol. The van der Waals surface area contributed by atoms with Crippen molar-refractivity contribution in [2.75, 3.05) is 19.7 Å². The summed E-state index contributed by atoms with van der Waals surface area (Å²) in [5.41, 5.74) is 0.713. The van der Waals surface area contributed by atoms with Gasteiger partial charge in [0, 0.05) is 18.1 Å². The Labute approximate surface area is 170 Å². The van der Waals surface area contributed by atoms with Crippen LogP contribution in [0.5, 0.6) is 0 Å². The predicted octanol–water partition coefficient (Wildman–Crippen LogP) is 3.14. The summed E-state index contributed by atoms with van der Waals surface area (Å²) in [6.07, 6.45) is 4.25. The standard InChI is InChI=1S/C22H24ClN3O2/c23-19-10-8-17(9-11-19)20-22(21(28)24-12-13-27,18-4-2-1-3-5-18)25-15-26(20)14-16-6-7-16/h1-5,8-11,15-16,20,27H,6-7,12-14H2,(H,24,28)/t20-,22+/m0/s1. The molecular weight excluding hydrogens is 374 g/mol. The maximum absolute atomic E-state index is 13.4. The van der Waals surface area contributed by atoms with Crippen molar-refractivity contribution in [3.05, 3.63) is 70.7 Å². The van der Waals surface area contributed by atoms with Crippen molar-refractivity contribution in [1.82, 2.24) is 10.2 Å². The van der Waals surface area contributed by atoms with Crippen LogP contribution < -0.4 is 5.32 Å². The van der Waals surface area contributed by atoms with E-state index in [0.29, 0.717) is 10.9 Å². The number of aliphatic hydroxyl groups is 1. The van der Waals surface area contributed by atoms with Gasteiger partial charge in [-0.3, -0.25) is 9.79 Å². The summed E-state index contributed by atoms with van der Waals surface area (Å²) in [7, 11) is 0. The number of aliphatic hydroxyl groups excluding tert-OH is 1. The lowest BCUT2D eigenvalue weighted by atomic mass is 9.79. The Hall–Kier alpha value is -2.37. The molecule has 1 fully saturated rings. The third kappa shape index (κ3) is 3.52. The second-order valence-corrected chi connectivity index (χ2v) is 7.89. The van der Waals surface area contributed by atoms with Gasteiger partial charge in [0.1, 0.15) is 0 Å². The van der Waals surface area contributed by atoms with Crippen LogP contribution in [0.1, 0.15) is 30.0 Å². The molecule has 2 aliphatic rings. The van der Waals surface area contributed by atoms with E-state index < -0.39 is 5.54 Å². The molecule has 2 aromatic carbocycles. The number of nitrogens with zero attached hydrogens (tertiary/aromatic N) is 2. The number of amides is 1. The largest absolute Gasteiger partial charge is 0.395 e. The van der Waals surface area contributed by atoms with Gasteiger partial charge in [0.05, 0.1) is 19.0 Å². The van der Waals surface area contributed by atoms with E-state index in [-0.39, 0.29) is 25.1 Å². The van der Waals surface area contributed by atoms with E-state index in [2.05, 4.69) is 10.2 Å². The molecule has 1 aliphatic carbocycles. The first kappa shape index (κ1) is 19.0. The van der Waals surface area contributed by atoms with E-state index in [9.17, 15) is 9.90 Å². The molecule has 0 saturated heterocycles. The summed E-state index contributed by atoms with van der Waals surface area (Å²) in [4.78, 5) is 20.4. The van der Waals surface area contributed by atoms with Crippen molar-refractivity contribution in [1.29, 1.82) is 0 Å². The van der Waals surface area contributed by atoms with Gasteiger partial charge >= 0.3 is 0 Å². The van der Waals surface area contributed by atoms with Gasteiger partial charge in [0.15, 0.2) is 5.54 Å². The number of nitrogens with one attached hydrogen (secondary N) is 1. The first-order valence-corrected chi connectivity index (χ1v) is 10.0. The van der Waals surface area contributed by atoms with Crippen LogP contribution in [0.25, 0.3) is 0 Å². The molecular formula is C22H24ClN3O2. The summed E-state index contributed by atoms with van der Waals surface area (Å²) in [5.74, 6) is 0.440. The lowest BCUT2D eigenvalue weighted by molar-refractivity contribution is -0.128. The molecule has 0 aromatic heterocycles. The topological polar surface area (TPSA) is 64.9 Å². The van der Waals surface area contributed by atoms with Gasteiger partial charge in [-0.2, -0.15) is 0 Å². The fourth-order valence-electron chi connectivity index (χ4n) is 3.91. The summed E-state index contributed by atoms with van der Waals surface area (Å²) in [6, 6.07) is 17.0. The average Bonchev–Trinajstić information content (AvgIpc) is 3.46. The van der Waals surface area contributed by atoms with E-state index in [1.165, 1.54) is 12.8 Å². The van der Waals surface area contributed by atoms with Crippen LogP contribution in [0.3, 0.4) is 0 Å². The minimum atomic E-state index is -1.11. The fraction of sp³-hybridized carbons (Fsp3) is 0.364. The Morgan fingerprint density at radius 3 is 2.54 bits per heavy atom. The van der Waals surface area contributed by atoms with Gasteiger partial charge in [0.2, 0.25) is 0 Å². The number of benzene rings is 2. The summed E-state index contributed by atoms with van der Waals surface area (Å²) in [5, 5.41) is 12.7. The van der Waals surface area contributed by atoms with Crippen LogP contribution in [0, 0.1) is 5.92 Å². The molecule has 146 valence electrons. The van der Waals surface area contributed by atoms with E-state index in [1.54, 1.807) is 0 Å². The van der Waals surface area contributed by atoms with Gasteiger partial charge in [-0.05, 0) is 42.0 Å². The van der Waals surface area contributed by atoms with Gasteiger partial charge in [-0.15, -0.1) is 0 Å². The molecule has 2 atom stereocenters. The molecule has 2 aromatic rings.